The van der Waals surface area contributed by atoms with Crippen molar-refractivity contribution >= 4 is 29.9 Å². The van der Waals surface area contributed by atoms with Crippen LogP contribution in [-0.2, 0) is 6.54 Å². The van der Waals surface area contributed by atoms with Gasteiger partial charge in [0, 0.05) is 20.3 Å². The summed E-state index contributed by atoms with van der Waals surface area (Å²) in [6.07, 6.45) is 1.78. The van der Waals surface area contributed by atoms with Crippen LogP contribution in [0.3, 0.4) is 0 Å². The molecule has 1 aromatic heterocycles. The third kappa shape index (κ3) is 6.85. The van der Waals surface area contributed by atoms with Gasteiger partial charge in [0.1, 0.15) is 18.2 Å². The zero-order valence-corrected chi connectivity index (χ0v) is 17.0. The normalized spacial score (nSPS) is 10.8. The summed E-state index contributed by atoms with van der Waals surface area (Å²) < 4.78 is 18.5. The number of aromatic nitrogens is 1. The Morgan fingerprint density at radius 2 is 2.00 bits per heavy atom. The number of pyridine rings is 1. The van der Waals surface area contributed by atoms with E-state index in [-0.39, 0.29) is 29.8 Å². The van der Waals surface area contributed by atoms with Crippen molar-refractivity contribution < 1.29 is 9.13 Å². The molecule has 0 amide bonds. The van der Waals surface area contributed by atoms with E-state index in [9.17, 15) is 4.39 Å². The van der Waals surface area contributed by atoms with Gasteiger partial charge < -0.3 is 15.0 Å². The predicted molar refractivity (Wildman–Crippen MR) is 109 cm³/mol. The van der Waals surface area contributed by atoms with Crippen LogP contribution < -0.4 is 10.1 Å². The molecule has 0 aliphatic rings. The molecule has 2 rings (SSSR count). The van der Waals surface area contributed by atoms with E-state index in [2.05, 4.69) is 15.3 Å². The monoisotopic (exact) mass is 458 g/mol. The number of likely N-dealkylation sites (N-methyl/N-ethyl adjacent to an activating group) is 1. The molecule has 0 aliphatic heterocycles. The summed E-state index contributed by atoms with van der Waals surface area (Å²) >= 11 is 0. The Balaban J connectivity index is 0.00000312. The van der Waals surface area contributed by atoms with Crippen LogP contribution in [0.25, 0.3) is 0 Å². The van der Waals surface area contributed by atoms with Gasteiger partial charge in [-0.25, -0.2) is 4.39 Å². The lowest BCUT2D eigenvalue weighted by atomic mass is 10.2. The lowest BCUT2D eigenvalue weighted by molar-refractivity contribution is 0.281. The van der Waals surface area contributed by atoms with Gasteiger partial charge in [-0.1, -0.05) is 6.07 Å². The van der Waals surface area contributed by atoms with Gasteiger partial charge in [-0.2, -0.15) is 0 Å². The highest BCUT2D eigenvalue weighted by Gasteiger charge is 2.07. The van der Waals surface area contributed by atoms with Gasteiger partial charge in [0.25, 0.3) is 0 Å². The van der Waals surface area contributed by atoms with Crippen LogP contribution in [0.2, 0.25) is 0 Å². The van der Waals surface area contributed by atoms with Gasteiger partial charge in [0.05, 0.1) is 18.8 Å². The fraction of sp³-hybridized carbons (Fsp3) is 0.333. The zero-order chi connectivity index (χ0) is 17.4. The van der Waals surface area contributed by atoms with Crippen molar-refractivity contribution in [3.8, 4) is 5.75 Å². The van der Waals surface area contributed by atoms with Gasteiger partial charge in [-0.05, 0) is 42.8 Å². The molecular formula is C18H24FIN4O. The van der Waals surface area contributed by atoms with E-state index >= 15 is 0 Å². The third-order valence-electron chi connectivity index (χ3n) is 3.61. The van der Waals surface area contributed by atoms with Crippen LogP contribution in [0.1, 0.15) is 11.3 Å². The van der Waals surface area contributed by atoms with Crippen LogP contribution in [0.15, 0.2) is 47.6 Å². The summed E-state index contributed by atoms with van der Waals surface area (Å²) in [5, 5.41) is 3.29. The van der Waals surface area contributed by atoms with Gasteiger partial charge in [0.2, 0.25) is 0 Å². The fourth-order valence-electron chi connectivity index (χ4n) is 2.19. The minimum Gasteiger partial charge on any atom is -0.492 e. The number of nitrogens with one attached hydrogen (secondary N) is 1. The van der Waals surface area contributed by atoms with Gasteiger partial charge in [0.15, 0.2) is 5.96 Å². The molecule has 0 saturated carbocycles. The molecule has 0 spiro atoms. The van der Waals surface area contributed by atoms with Crippen LogP contribution in [0.4, 0.5) is 4.39 Å². The molecule has 0 aliphatic carbocycles. The number of aliphatic imine (C=N–C) groups is 1. The van der Waals surface area contributed by atoms with Gasteiger partial charge >= 0.3 is 0 Å². The molecule has 1 aromatic carbocycles. The first kappa shape index (κ1) is 21.1. The summed E-state index contributed by atoms with van der Waals surface area (Å²) in [4.78, 5) is 10.6. The first-order chi connectivity index (χ1) is 11.6. The van der Waals surface area contributed by atoms with Crippen molar-refractivity contribution in [2.75, 3.05) is 27.2 Å². The summed E-state index contributed by atoms with van der Waals surface area (Å²) in [6, 6.07) is 9.96. The molecule has 0 fully saturated rings. The molecule has 0 unspecified atom stereocenters. The highest BCUT2D eigenvalue weighted by Crippen LogP contribution is 2.10. The van der Waals surface area contributed by atoms with Crippen molar-refractivity contribution in [3.05, 3.63) is 59.7 Å². The van der Waals surface area contributed by atoms with E-state index < -0.39 is 0 Å². The standard InChI is InChI=1S/C18H23FN4O.HI/c1-14-5-4-10-21-17(14)13-22-18(20-2)23(3)11-12-24-16-8-6-15(19)7-9-16;/h4-10H,11-13H2,1-3H3,(H,20,22);1H. The first-order valence-corrected chi connectivity index (χ1v) is 7.81. The predicted octanol–water partition coefficient (Wildman–Crippen LogP) is 3.23. The highest BCUT2D eigenvalue weighted by atomic mass is 127. The van der Waals surface area contributed by atoms with Crippen molar-refractivity contribution in [2.45, 2.75) is 13.5 Å². The smallest absolute Gasteiger partial charge is 0.193 e. The molecule has 136 valence electrons. The highest BCUT2D eigenvalue weighted by molar-refractivity contribution is 14.0. The SMILES string of the molecule is CN=C(NCc1ncccc1C)N(C)CCOc1ccc(F)cc1.I. The maximum Gasteiger partial charge on any atom is 0.193 e. The number of hydrogen-bond donors (Lipinski definition) is 1. The van der Waals surface area contributed by atoms with E-state index in [1.807, 2.05) is 31.0 Å². The summed E-state index contributed by atoms with van der Waals surface area (Å²) in [7, 11) is 3.68. The quantitative estimate of drug-likeness (QED) is 0.411. The second-order valence-electron chi connectivity index (χ2n) is 5.39. The van der Waals surface area contributed by atoms with Crippen LogP contribution in [0, 0.1) is 12.7 Å². The van der Waals surface area contributed by atoms with Crippen LogP contribution in [0.5, 0.6) is 5.75 Å². The molecule has 1 heterocycles. The number of rotatable bonds is 6. The van der Waals surface area contributed by atoms with Crippen molar-refractivity contribution in [1.82, 2.24) is 15.2 Å². The largest absolute Gasteiger partial charge is 0.492 e. The molecular weight excluding hydrogens is 434 g/mol. The minimum atomic E-state index is -0.270. The lowest BCUT2D eigenvalue weighted by Crippen LogP contribution is -2.40. The second-order valence-corrected chi connectivity index (χ2v) is 5.39. The zero-order valence-electron chi connectivity index (χ0n) is 14.7. The van der Waals surface area contributed by atoms with Crippen LogP contribution >= 0.6 is 24.0 Å². The maximum absolute atomic E-state index is 12.8. The fourth-order valence-corrected chi connectivity index (χ4v) is 2.19. The summed E-state index contributed by atoms with van der Waals surface area (Å²) in [6.45, 7) is 3.78. The lowest BCUT2D eigenvalue weighted by Gasteiger charge is -2.22. The van der Waals surface area contributed by atoms with Crippen molar-refractivity contribution in [1.29, 1.82) is 0 Å². The van der Waals surface area contributed by atoms with E-state index in [0.717, 1.165) is 17.2 Å². The average molecular weight is 458 g/mol. The number of ether oxygens (including phenoxy) is 1. The number of benzene rings is 1. The van der Waals surface area contributed by atoms with E-state index in [0.29, 0.717) is 25.4 Å². The first-order valence-electron chi connectivity index (χ1n) is 7.81. The Kier molecular flexibility index (Phi) is 9.18. The molecule has 25 heavy (non-hydrogen) atoms. The molecule has 2 aromatic rings. The number of nitrogens with zero attached hydrogens (tertiary/aromatic N) is 3. The molecule has 1 N–H and O–H groups in total. The van der Waals surface area contributed by atoms with Crippen LogP contribution in [-0.4, -0.2) is 43.1 Å². The second kappa shape index (κ2) is 10.9. The molecule has 5 nitrogen and oxygen atoms in total. The molecule has 7 heteroatoms. The Hall–Kier alpha value is -1.90. The third-order valence-corrected chi connectivity index (χ3v) is 3.61. The van der Waals surface area contributed by atoms with Crippen molar-refractivity contribution in [3.63, 3.8) is 0 Å². The summed E-state index contributed by atoms with van der Waals surface area (Å²) in [5.41, 5.74) is 2.14. The van der Waals surface area contributed by atoms with E-state index in [1.165, 1.54) is 12.1 Å². The number of aryl methyl sites for hydroxylation is 1. The maximum atomic E-state index is 12.8. The van der Waals surface area contributed by atoms with Crippen molar-refractivity contribution in [2.24, 2.45) is 4.99 Å². The summed E-state index contributed by atoms with van der Waals surface area (Å²) in [5.74, 6) is 1.15. The van der Waals surface area contributed by atoms with E-state index in [4.69, 9.17) is 4.74 Å². The Labute approximate surface area is 165 Å². The Morgan fingerprint density at radius 3 is 2.64 bits per heavy atom. The molecule has 0 saturated heterocycles. The molecule has 0 radical (unpaired) electrons. The minimum absolute atomic E-state index is 0. The number of guanidine groups is 1. The van der Waals surface area contributed by atoms with Gasteiger partial charge in [-0.3, -0.25) is 9.98 Å². The number of halogens is 2. The Bertz CT molecular complexity index is 679. The topological polar surface area (TPSA) is 49.8 Å². The van der Waals surface area contributed by atoms with Gasteiger partial charge in [-0.15, -0.1) is 24.0 Å². The average Bonchev–Trinajstić information content (AvgIpc) is 2.59. The number of hydrogen-bond acceptors (Lipinski definition) is 3. The molecule has 0 bridgehead atoms. The van der Waals surface area contributed by atoms with E-state index in [1.54, 1.807) is 25.4 Å². The molecule has 0 atom stereocenters. The Morgan fingerprint density at radius 1 is 1.28 bits per heavy atom.